The van der Waals surface area contributed by atoms with Crippen molar-refractivity contribution in [3.63, 3.8) is 0 Å². The van der Waals surface area contributed by atoms with Crippen LogP contribution in [-0.4, -0.2) is 16.1 Å². The summed E-state index contributed by atoms with van der Waals surface area (Å²) < 4.78 is 0. The number of anilines is 2. The van der Waals surface area contributed by atoms with Gasteiger partial charge in [0, 0.05) is 17.6 Å². The van der Waals surface area contributed by atoms with Gasteiger partial charge in [0.15, 0.2) is 0 Å². The standard InChI is InChI=1S/C15H15NO2.C6H7N/c1-10-6-5-9-13(11(10)2)16-14-8-4-3-7-12(14)15(17)18;1-6-4-2-3-5-7-6/h3-9,16H,1-2H3,(H,17,18);2-5H,1H3. The Bertz CT molecular complexity index is 846. The molecule has 0 aliphatic rings. The van der Waals surface area contributed by atoms with Crippen molar-refractivity contribution in [3.8, 4) is 0 Å². The lowest BCUT2D eigenvalue weighted by molar-refractivity contribution is 0.0698. The Labute approximate surface area is 148 Å². The summed E-state index contributed by atoms with van der Waals surface area (Å²) >= 11 is 0. The predicted octanol–water partition coefficient (Wildman–Crippen LogP) is 5.14. The fourth-order valence-corrected chi connectivity index (χ4v) is 2.26. The van der Waals surface area contributed by atoms with Crippen LogP contribution in [0.2, 0.25) is 0 Å². The maximum atomic E-state index is 11.1. The van der Waals surface area contributed by atoms with E-state index in [1.807, 2.05) is 63.2 Å². The average molecular weight is 334 g/mol. The molecular weight excluding hydrogens is 312 g/mol. The van der Waals surface area contributed by atoms with Crippen molar-refractivity contribution in [1.29, 1.82) is 0 Å². The topological polar surface area (TPSA) is 62.2 Å². The van der Waals surface area contributed by atoms with Gasteiger partial charge in [-0.25, -0.2) is 4.79 Å². The molecule has 4 nitrogen and oxygen atoms in total. The first-order chi connectivity index (χ1) is 12.0. The molecule has 0 aliphatic heterocycles. The molecule has 0 fully saturated rings. The number of hydrogen-bond acceptors (Lipinski definition) is 3. The van der Waals surface area contributed by atoms with E-state index in [2.05, 4.69) is 10.3 Å². The number of para-hydroxylation sites is 1. The minimum atomic E-state index is -0.927. The Kier molecular flexibility index (Phi) is 6.29. The number of aromatic carboxylic acids is 1. The molecule has 25 heavy (non-hydrogen) atoms. The minimum absolute atomic E-state index is 0.276. The van der Waals surface area contributed by atoms with Crippen molar-refractivity contribution >= 4 is 17.3 Å². The molecule has 0 spiro atoms. The molecule has 4 heteroatoms. The number of aromatic nitrogens is 1. The molecule has 0 saturated heterocycles. The number of carbonyl (C=O) groups is 1. The van der Waals surface area contributed by atoms with Gasteiger partial charge in [0.2, 0.25) is 0 Å². The largest absolute Gasteiger partial charge is 0.478 e. The zero-order chi connectivity index (χ0) is 18.2. The summed E-state index contributed by atoms with van der Waals surface area (Å²) in [5.41, 5.74) is 5.19. The molecule has 0 bridgehead atoms. The van der Waals surface area contributed by atoms with Crippen LogP contribution in [0.1, 0.15) is 27.2 Å². The van der Waals surface area contributed by atoms with Gasteiger partial charge in [-0.15, -0.1) is 0 Å². The summed E-state index contributed by atoms with van der Waals surface area (Å²) in [4.78, 5) is 15.1. The molecule has 2 aromatic carbocycles. The monoisotopic (exact) mass is 334 g/mol. The van der Waals surface area contributed by atoms with Gasteiger partial charge in [0.05, 0.1) is 11.3 Å². The summed E-state index contributed by atoms with van der Waals surface area (Å²) in [7, 11) is 0. The van der Waals surface area contributed by atoms with Crippen LogP contribution in [0.4, 0.5) is 11.4 Å². The van der Waals surface area contributed by atoms with Crippen molar-refractivity contribution in [2.45, 2.75) is 20.8 Å². The molecule has 128 valence electrons. The Hall–Kier alpha value is -3.14. The van der Waals surface area contributed by atoms with E-state index in [0.717, 1.165) is 16.9 Å². The third kappa shape index (κ3) is 5.18. The van der Waals surface area contributed by atoms with E-state index < -0.39 is 5.97 Å². The lowest BCUT2D eigenvalue weighted by atomic mass is 10.1. The normalized spacial score (nSPS) is 9.72. The van der Waals surface area contributed by atoms with Crippen LogP contribution in [0, 0.1) is 20.8 Å². The van der Waals surface area contributed by atoms with E-state index in [0.29, 0.717) is 5.69 Å². The molecule has 0 amide bonds. The van der Waals surface area contributed by atoms with Crippen LogP contribution in [0.25, 0.3) is 0 Å². The van der Waals surface area contributed by atoms with Crippen LogP contribution in [0.15, 0.2) is 66.9 Å². The molecule has 2 N–H and O–H groups in total. The Morgan fingerprint density at radius 1 is 0.880 bits per heavy atom. The number of benzene rings is 2. The van der Waals surface area contributed by atoms with E-state index in [1.54, 1.807) is 24.4 Å². The zero-order valence-corrected chi connectivity index (χ0v) is 14.7. The molecule has 0 saturated carbocycles. The number of carboxylic acid groups (broad SMARTS) is 1. The van der Waals surface area contributed by atoms with Crippen LogP contribution in [-0.2, 0) is 0 Å². The zero-order valence-electron chi connectivity index (χ0n) is 14.7. The second kappa shape index (κ2) is 8.64. The SMILES string of the molecule is Cc1cccc(Nc2ccccc2C(=O)O)c1C.Cc1ccccn1. The number of hydrogen-bond donors (Lipinski definition) is 2. The van der Waals surface area contributed by atoms with Gasteiger partial charge < -0.3 is 10.4 Å². The Morgan fingerprint density at radius 3 is 2.16 bits per heavy atom. The quantitative estimate of drug-likeness (QED) is 0.696. The van der Waals surface area contributed by atoms with E-state index in [1.165, 1.54) is 5.56 Å². The predicted molar refractivity (Wildman–Crippen MR) is 102 cm³/mol. The maximum absolute atomic E-state index is 11.1. The molecule has 1 heterocycles. The van der Waals surface area contributed by atoms with E-state index in [9.17, 15) is 4.79 Å². The summed E-state index contributed by atoms with van der Waals surface area (Å²) in [6.45, 7) is 6.02. The smallest absolute Gasteiger partial charge is 0.337 e. The minimum Gasteiger partial charge on any atom is -0.478 e. The highest BCUT2D eigenvalue weighted by molar-refractivity contribution is 5.95. The van der Waals surface area contributed by atoms with Crippen molar-refractivity contribution < 1.29 is 9.90 Å². The van der Waals surface area contributed by atoms with E-state index in [4.69, 9.17) is 5.11 Å². The molecule has 3 rings (SSSR count). The number of nitrogens with zero attached hydrogens (tertiary/aromatic N) is 1. The molecule has 0 aliphatic carbocycles. The van der Waals surface area contributed by atoms with E-state index >= 15 is 0 Å². The highest BCUT2D eigenvalue weighted by Gasteiger charge is 2.10. The third-order valence-electron chi connectivity index (χ3n) is 3.84. The first-order valence-corrected chi connectivity index (χ1v) is 8.02. The number of carboxylic acids is 1. The molecule has 0 unspecified atom stereocenters. The maximum Gasteiger partial charge on any atom is 0.337 e. The second-order valence-electron chi connectivity index (χ2n) is 5.69. The fourth-order valence-electron chi connectivity index (χ4n) is 2.26. The van der Waals surface area contributed by atoms with Gasteiger partial charge >= 0.3 is 5.97 Å². The van der Waals surface area contributed by atoms with Gasteiger partial charge in [-0.2, -0.15) is 0 Å². The highest BCUT2D eigenvalue weighted by Crippen LogP contribution is 2.25. The molecule has 1 aromatic heterocycles. The van der Waals surface area contributed by atoms with Gasteiger partial charge in [0.1, 0.15) is 0 Å². The lowest BCUT2D eigenvalue weighted by Gasteiger charge is -2.13. The van der Waals surface area contributed by atoms with E-state index in [-0.39, 0.29) is 5.56 Å². The van der Waals surface area contributed by atoms with Gasteiger partial charge in [-0.3, -0.25) is 4.98 Å². The summed E-state index contributed by atoms with van der Waals surface area (Å²) in [6.07, 6.45) is 1.79. The number of aryl methyl sites for hydroxylation is 2. The molecule has 0 radical (unpaired) electrons. The van der Waals surface area contributed by atoms with Crippen LogP contribution in [0.5, 0.6) is 0 Å². The van der Waals surface area contributed by atoms with Gasteiger partial charge in [-0.1, -0.05) is 30.3 Å². The van der Waals surface area contributed by atoms with Gasteiger partial charge in [-0.05, 0) is 62.2 Å². The van der Waals surface area contributed by atoms with Crippen molar-refractivity contribution in [2.75, 3.05) is 5.32 Å². The van der Waals surface area contributed by atoms with Crippen LogP contribution >= 0.6 is 0 Å². The lowest BCUT2D eigenvalue weighted by Crippen LogP contribution is -2.03. The van der Waals surface area contributed by atoms with Crippen molar-refractivity contribution in [2.24, 2.45) is 0 Å². The number of pyridine rings is 1. The number of nitrogens with one attached hydrogen (secondary N) is 1. The summed E-state index contributed by atoms with van der Waals surface area (Å²) in [6, 6.07) is 18.7. The Morgan fingerprint density at radius 2 is 1.56 bits per heavy atom. The summed E-state index contributed by atoms with van der Waals surface area (Å²) in [5, 5.41) is 12.3. The number of rotatable bonds is 3. The van der Waals surface area contributed by atoms with Crippen molar-refractivity contribution in [3.05, 3.63) is 89.2 Å². The Balaban J connectivity index is 0.000000269. The molecule has 3 aromatic rings. The van der Waals surface area contributed by atoms with Crippen LogP contribution < -0.4 is 5.32 Å². The third-order valence-corrected chi connectivity index (χ3v) is 3.84. The highest BCUT2D eigenvalue weighted by atomic mass is 16.4. The van der Waals surface area contributed by atoms with Gasteiger partial charge in [0.25, 0.3) is 0 Å². The first kappa shape index (κ1) is 18.2. The van der Waals surface area contributed by atoms with Crippen molar-refractivity contribution in [1.82, 2.24) is 4.98 Å². The fraction of sp³-hybridized carbons (Fsp3) is 0.143. The molecule has 0 atom stereocenters. The summed E-state index contributed by atoms with van der Waals surface area (Å²) in [5.74, 6) is -0.927. The molecular formula is C21H22N2O2. The second-order valence-corrected chi connectivity index (χ2v) is 5.69. The van der Waals surface area contributed by atoms with Crippen LogP contribution in [0.3, 0.4) is 0 Å². The first-order valence-electron chi connectivity index (χ1n) is 8.02. The average Bonchev–Trinajstić information content (AvgIpc) is 2.60.